The van der Waals surface area contributed by atoms with Crippen LogP contribution < -0.4 is 16.3 Å². The maximum absolute atomic E-state index is 11.5. The van der Waals surface area contributed by atoms with E-state index in [0.29, 0.717) is 19.4 Å². The molecule has 0 aliphatic rings. The van der Waals surface area contributed by atoms with E-state index in [2.05, 4.69) is 26.5 Å². The second kappa shape index (κ2) is 8.37. The van der Waals surface area contributed by atoms with Gasteiger partial charge in [-0.1, -0.05) is 12.8 Å². The lowest BCUT2D eigenvalue weighted by Gasteiger charge is -2.08. The third-order valence-corrected chi connectivity index (χ3v) is 2.39. The quantitative estimate of drug-likeness (QED) is 0.512. The van der Waals surface area contributed by atoms with Crippen LogP contribution in [0.2, 0.25) is 0 Å². The number of carbonyl (C=O) groups is 2. The molecule has 1 aromatic heterocycles. The van der Waals surface area contributed by atoms with Gasteiger partial charge in [0, 0.05) is 13.0 Å². The van der Waals surface area contributed by atoms with Crippen molar-refractivity contribution in [2.24, 2.45) is 0 Å². The smallest absolute Gasteiger partial charge is 0.412 e. The lowest BCUT2D eigenvalue weighted by molar-refractivity contribution is -0.120. The molecule has 0 aromatic carbocycles. The zero-order chi connectivity index (χ0) is 15.7. The van der Waals surface area contributed by atoms with Crippen molar-refractivity contribution in [3.63, 3.8) is 0 Å². The summed E-state index contributed by atoms with van der Waals surface area (Å²) < 4.78 is 4.89. The van der Waals surface area contributed by atoms with Crippen LogP contribution in [0.1, 0.15) is 25.3 Å². The van der Waals surface area contributed by atoms with E-state index in [4.69, 9.17) is 11.2 Å². The van der Waals surface area contributed by atoms with Gasteiger partial charge in [-0.15, -0.1) is 6.42 Å². The molecular weight excluding hydrogens is 276 g/mol. The third kappa shape index (κ3) is 5.78. The molecule has 0 saturated carbocycles. The zero-order valence-electron chi connectivity index (χ0n) is 11.6. The highest BCUT2D eigenvalue weighted by atomic mass is 16.5. The van der Waals surface area contributed by atoms with Crippen molar-refractivity contribution in [2.45, 2.75) is 19.8 Å². The van der Waals surface area contributed by atoms with Gasteiger partial charge in [-0.25, -0.2) is 14.6 Å². The number of H-pyrrole nitrogens is 1. The Balaban J connectivity index is 2.38. The number of amides is 2. The molecule has 0 saturated heterocycles. The molecular formula is C13H16N4O4. The Morgan fingerprint density at radius 2 is 2.29 bits per heavy atom. The number of hydrogen-bond donors (Lipinski definition) is 3. The number of rotatable bonds is 6. The highest BCUT2D eigenvalue weighted by Gasteiger charge is 2.08. The highest BCUT2D eigenvalue weighted by Crippen LogP contribution is 2.06. The van der Waals surface area contributed by atoms with Crippen LogP contribution in [0.25, 0.3) is 0 Å². The van der Waals surface area contributed by atoms with Crippen molar-refractivity contribution < 1.29 is 14.3 Å². The van der Waals surface area contributed by atoms with E-state index in [-0.39, 0.29) is 23.9 Å². The van der Waals surface area contributed by atoms with E-state index in [1.54, 1.807) is 6.92 Å². The summed E-state index contributed by atoms with van der Waals surface area (Å²) in [6.45, 7) is 2.29. The molecule has 0 atom stereocenters. The van der Waals surface area contributed by atoms with Crippen molar-refractivity contribution in [1.29, 1.82) is 0 Å². The number of nitrogens with zero attached hydrogens (tertiary/aromatic N) is 1. The number of anilines is 1. The van der Waals surface area contributed by atoms with Crippen molar-refractivity contribution in [3.05, 3.63) is 22.2 Å². The summed E-state index contributed by atoms with van der Waals surface area (Å²) in [6, 6.07) is 0. The summed E-state index contributed by atoms with van der Waals surface area (Å²) in [7, 11) is 0. The molecule has 1 heterocycles. The molecule has 0 aliphatic heterocycles. The van der Waals surface area contributed by atoms with E-state index < -0.39 is 11.8 Å². The van der Waals surface area contributed by atoms with Gasteiger partial charge >= 0.3 is 11.8 Å². The van der Waals surface area contributed by atoms with E-state index in [0.717, 1.165) is 0 Å². The summed E-state index contributed by atoms with van der Waals surface area (Å²) in [4.78, 5) is 39.3. The van der Waals surface area contributed by atoms with Crippen LogP contribution >= 0.6 is 0 Å². The fourth-order valence-corrected chi connectivity index (χ4v) is 1.33. The molecule has 0 radical (unpaired) electrons. The minimum Gasteiger partial charge on any atom is -0.449 e. The van der Waals surface area contributed by atoms with Gasteiger partial charge in [-0.3, -0.25) is 15.1 Å². The van der Waals surface area contributed by atoms with Gasteiger partial charge in [0.1, 0.15) is 5.82 Å². The molecule has 1 rings (SSSR count). The van der Waals surface area contributed by atoms with Gasteiger partial charge in [0.2, 0.25) is 5.91 Å². The predicted octanol–water partition coefficient (Wildman–Crippen LogP) is 0.216. The predicted molar refractivity (Wildman–Crippen MR) is 75.7 cm³/mol. The first-order valence-electron chi connectivity index (χ1n) is 6.33. The van der Waals surface area contributed by atoms with Gasteiger partial charge in [0.25, 0.3) is 0 Å². The normalized spacial score (nSPS) is 9.52. The maximum Gasteiger partial charge on any atom is 0.412 e. The van der Waals surface area contributed by atoms with Crippen LogP contribution in [0.5, 0.6) is 0 Å². The third-order valence-electron chi connectivity index (χ3n) is 2.39. The summed E-state index contributed by atoms with van der Waals surface area (Å²) in [6.07, 6.45) is 6.52. The largest absolute Gasteiger partial charge is 0.449 e. The van der Waals surface area contributed by atoms with Gasteiger partial charge < -0.3 is 10.1 Å². The Morgan fingerprint density at radius 1 is 1.52 bits per heavy atom. The Labute approximate surface area is 121 Å². The van der Waals surface area contributed by atoms with Crippen LogP contribution in [-0.4, -0.2) is 35.1 Å². The number of hydrogen-bond acceptors (Lipinski definition) is 5. The Hall–Kier alpha value is -2.82. The highest BCUT2D eigenvalue weighted by molar-refractivity contribution is 5.84. The van der Waals surface area contributed by atoms with Gasteiger partial charge in [-0.2, -0.15) is 0 Å². The lowest BCUT2D eigenvalue weighted by atomic mass is 10.3. The molecule has 112 valence electrons. The average Bonchev–Trinajstić information content (AvgIpc) is 2.46. The standard InChI is InChI=1S/C13H16N4O4/c1-3-9-8-15-12(19)16-11(9)17-13(20)21-7-5-6-14-10(18)4-2/h1,8H,4-7H2,2H3,(H,14,18)(H2,15,16,17,19,20). The summed E-state index contributed by atoms with van der Waals surface area (Å²) in [5, 5.41) is 4.98. The molecule has 0 unspecified atom stereocenters. The molecule has 0 fully saturated rings. The van der Waals surface area contributed by atoms with Gasteiger partial charge in [-0.05, 0) is 6.42 Å². The second-order valence-corrected chi connectivity index (χ2v) is 3.94. The Kier molecular flexibility index (Phi) is 6.47. The number of terminal acetylenes is 1. The SMILES string of the molecule is C#Cc1cnc(=O)[nH]c1NC(=O)OCCCNC(=O)CC. The topological polar surface area (TPSA) is 113 Å². The van der Waals surface area contributed by atoms with Crippen LogP contribution in [0.4, 0.5) is 10.6 Å². The second-order valence-electron chi connectivity index (χ2n) is 3.94. The molecule has 21 heavy (non-hydrogen) atoms. The number of carbonyl (C=O) groups excluding carboxylic acids is 2. The molecule has 0 bridgehead atoms. The van der Waals surface area contributed by atoms with Crippen LogP contribution in [0.3, 0.4) is 0 Å². The molecule has 3 N–H and O–H groups in total. The Morgan fingerprint density at radius 3 is 2.95 bits per heavy atom. The van der Waals surface area contributed by atoms with Crippen molar-refractivity contribution in [1.82, 2.24) is 15.3 Å². The van der Waals surface area contributed by atoms with E-state index in [1.807, 2.05) is 0 Å². The molecule has 1 aromatic rings. The van der Waals surface area contributed by atoms with Gasteiger partial charge in [0.15, 0.2) is 0 Å². The zero-order valence-corrected chi connectivity index (χ0v) is 11.6. The monoisotopic (exact) mass is 292 g/mol. The van der Waals surface area contributed by atoms with Crippen LogP contribution in [0, 0.1) is 12.3 Å². The van der Waals surface area contributed by atoms with Crippen molar-refractivity contribution in [2.75, 3.05) is 18.5 Å². The molecule has 2 amide bonds. The first kappa shape index (κ1) is 16.2. The van der Waals surface area contributed by atoms with Crippen molar-refractivity contribution >= 4 is 17.8 Å². The fourth-order valence-electron chi connectivity index (χ4n) is 1.33. The summed E-state index contributed by atoms with van der Waals surface area (Å²) in [5.41, 5.74) is -0.395. The minimum absolute atomic E-state index is 0.0572. The van der Waals surface area contributed by atoms with Crippen LogP contribution in [0.15, 0.2) is 11.0 Å². The summed E-state index contributed by atoms with van der Waals surface area (Å²) in [5.74, 6) is 2.27. The maximum atomic E-state index is 11.5. The number of aromatic amines is 1. The fraction of sp³-hybridized carbons (Fsp3) is 0.385. The van der Waals surface area contributed by atoms with E-state index in [9.17, 15) is 14.4 Å². The molecule has 0 spiro atoms. The lowest BCUT2D eigenvalue weighted by Crippen LogP contribution is -2.25. The molecule has 8 nitrogen and oxygen atoms in total. The van der Waals surface area contributed by atoms with Crippen LogP contribution in [-0.2, 0) is 9.53 Å². The summed E-state index contributed by atoms with van der Waals surface area (Å²) >= 11 is 0. The van der Waals surface area contributed by atoms with E-state index >= 15 is 0 Å². The van der Waals surface area contributed by atoms with Crippen molar-refractivity contribution in [3.8, 4) is 12.3 Å². The first-order valence-corrected chi connectivity index (χ1v) is 6.33. The van der Waals surface area contributed by atoms with E-state index in [1.165, 1.54) is 6.20 Å². The minimum atomic E-state index is -0.754. The average molecular weight is 292 g/mol. The molecule has 8 heteroatoms. The number of nitrogens with one attached hydrogen (secondary N) is 3. The molecule has 0 aliphatic carbocycles. The number of ether oxygens (including phenoxy) is 1. The Bertz CT molecular complexity index is 603. The van der Waals surface area contributed by atoms with Gasteiger partial charge in [0.05, 0.1) is 18.4 Å². The number of aromatic nitrogens is 2. The first-order chi connectivity index (χ1) is 10.1.